The summed E-state index contributed by atoms with van der Waals surface area (Å²) in [6.45, 7) is 0. The third kappa shape index (κ3) is 5.61. The minimum Gasteiger partial charge on any atom is -0.457 e. The number of hydrogen-bond donors (Lipinski definition) is 0. The van der Waals surface area contributed by atoms with Gasteiger partial charge in [-0.3, -0.25) is 0 Å². The van der Waals surface area contributed by atoms with Crippen molar-refractivity contribution in [1.29, 1.82) is 0 Å². The highest BCUT2D eigenvalue weighted by Gasteiger charge is 2.26. The Morgan fingerprint density at radius 2 is 0.636 bits per heavy atom. The molecule has 0 amide bonds. The molecule has 0 fully saturated rings. The predicted octanol–water partition coefficient (Wildman–Crippen LogP) is 12.5. The minimum atomic E-state index is 0.379. The molecule has 0 aromatic heterocycles. The summed E-state index contributed by atoms with van der Waals surface area (Å²) in [6.07, 6.45) is 0. The van der Waals surface area contributed by atoms with E-state index in [1.807, 2.05) is 133 Å². The van der Waals surface area contributed by atoms with Crippen molar-refractivity contribution in [2.75, 3.05) is 0 Å². The van der Waals surface area contributed by atoms with Gasteiger partial charge in [-0.15, -0.1) is 0 Å². The average Bonchev–Trinajstić information content (AvgIpc) is 3.06. The van der Waals surface area contributed by atoms with E-state index < -0.39 is 0 Å². The monoisotopic (exact) mass is 614 g/mol. The highest BCUT2D eigenvalue weighted by atomic mass is 35.5. The summed E-state index contributed by atoms with van der Waals surface area (Å²) in [6, 6.07) is 45.6. The van der Waals surface area contributed by atoms with Crippen molar-refractivity contribution in [3.8, 4) is 46.0 Å². The Morgan fingerprint density at radius 1 is 0.341 bits per heavy atom. The highest BCUT2D eigenvalue weighted by molar-refractivity contribution is 6.43. The van der Waals surface area contributed by atoms with Crippen LogP contribution in [0.2, 0.25) is 10.0 Å². The number of halogens is 2. The van der Waals surface area contributed by atoms with E-state index in [1.165, 1.54) is 0 Å². The highest BCUT2D eigenvalue weighted by Crippen LogP contribution is 2.54. The van der Waals surface area contributed by atoms with Crippen LogP contribution in [-0.4, -0.2) is 0 Å². The second-order valence-electron chi connectivity index (χ2n) is 9.94. The molecule has 0 saturated heterocycles. The van der Waals surface area contributed by atoms with Gasteiger partial charge in [-0.25, -0.2) is 0 Å². The van der Waals surface area contributed by atoms with Crippen LogP contribution in [0.15, 0.2) is 146 Å². The molecular weight excluding hydrogens is 591 g/mol. The molecule has 0 heterocycles. The molecule has 7 aromatic rings. The Morgan fingerprint density at radius 3 is 0.955 bits per heavy atom. The second-order valence-corrected chi connectivity index (χ2v) is 10.8. The number of rotatable bonds is 8. The van der Waals surface area contributed by atoms with E-state index in [1.54, 1.807) is 12.1 Å². The number of benzene rings is 7. The van der Waals surface area contributed by atoms with Crippen LogP contribution in [0.4, 0.5) is 0 Å². The first-order chi connectivity index (χ1) is 21.6. The van der Waals surface area contributed by atoms with Gasteiger partial charge in [0.1, 0.15) is 46.0 Å². The number of fused-ring (bicyclic) bond motifs is 2. The van der Waals surface area contributed by atoms with Crippen LogP contribution in [0.25, 0.3) is 21.5 Å². The molecule has 44 heavy (non-hydrogen) atoms. The van der Waals surface area contributed by atoms with Crippen LogP contribution in [0.1, 0.15) is 0 Å². The van der Waals surface area contributed by atoms with Crippen LogP contribution >= 0.6 is 23.2 Å². The van der Waals surface area contributed by atoms with Gasteiger partial charge in [-0.05, 0) is 72.8 Å². The van der Waals surface area contributed by atoms with Gasteiger partial charge in [0.2, 0.25) is 0 Å². The Balaban J connectivity index is 1.61. The van der Waals surface area contributed by atoms with Crippen molar-refractivity contribution in [2.45, 2.75) is 0 Å². The van der Waals surface area contributed by atoms with Crippen molar-refractivity contribution in [2.24, 2.45) is 0 Å². The summed E-state index contributed by atoms with van der Waals surface area (Å²) in [5.74, 6) is 4.73. The van der Waals surface area contributed by atoms with Gasteiger partial charge in [0.25, 0.3) is 0 Å². The van der Waals surface area contributed by atoms with Gasteiger partial charge in [-0.2, -0.15) is 0 Å². The summed E-state index contributed by atoms with van der Waals surface area (Å²) in [7, 11) is 0. The Kier molecular flexibility index (Phi) is 7.68. The summed E-state index contributed by atoms with van der Waals surface area (Å²) >= 11 is 13.3. The van der Waals surface area contributed by atoms with Crippen molar-refractivity contribution >= 4 is 44.7 Å². The molecule has 0 atom stereocenters. The molecule has 4 nitrogen and oxygen atoms in total. The van der Waals surface area contributed by atoms with Crippen molar-refractivity contribution < 1.29 is 18.9 Å². The van der Waals surface area contributed by atoms with Gasteiger partial charge in [0, 0.05) is 10.8 Å². The molecular formula is C38H24Cl2O4. The van der Waals surface area contributed by atoms with Crippen molar-refractivity contribution in [1.82, 2.24) is 0 Å². The minimum absolute atomic E-state index is 0.379. The summed E-state index contributed by atoms with van der Waals surface area (Å²) in [4.78, 5) is 0. The van der Waals surface area contributed by atoms with Gasteiger partial charge in [0.05, 0.1) is 20.8 Å². The smallest absolute Gasteiger partial charge is 0.147 e. The second kappa shape index (κ2) is 12.2. The zero-order valence-electron chi connectivity index (χ0n) is 23.2. The van der Waals surface area contributed by atoms with Gasteiger partial charge in [0.15, 0.2) is 0 Å². The molecule has 7 rings (SSSR count). The van der Waals surface area contributed by atoms with E-state index >= 15 is 0 Å². The molecule has 0 aliphatic heterocycles. The fourth-order valence-corrected chi connectivity index (χ4v) is 5.36. The van der Waals surface area contributed by atoms with E-state index in [-0.39, 0.29) is 0 Å². The van der Waals surface area contributed by atoms with E-state index in [0.717, 1.165) is 0 Å². The fourth-order valence-electron chi connectivity index (χ4n) is 5.03. The lowest BCUT2D eigenvalue weighted by Crippen LogP contribution is -1.98. The number of ether oxygens (including phenoxy) is 4. The molecule has 0 aliphatic rings. The SMILES string of the molecule is Clc1cc2c(Oc3ccccc3)c3c(Oc4ccccc4)ccc(Oc4ccccc4)c3c(Oc3ccccc3)c2cc1Cl. The third-order valence-corrected chi connectivity index (χ3v) is 7.72. The zero-order chi connectivity index (χ0) is 29.9. The van der Waals surface area contributed by atoms with E-state index in [0.29, 0.717) is 77.6 Å². The number of hydrogen-bond acceptors (Lipinski definition) is 4. The van der Waals surface area contributed by atoms with Crippen molar-refractivity contribution in [3.63, 3.8) is 0 Å². The van der Waals surface area contributed by atoms with Gasteiger partial charge < -0.3 is 18.9 Å². The first kappa shape index (κ1) is 27.7. The molecule has 0 unspecified atom stereocenters. The van der Waals surface area contributed by atoms with Crippen LogP contribution in [0.5, 0.6) is 46.0 Å². The lowest BCUT2D eigenvalue weighted by Gasteiger charge is -2.22. The van der Waals surface area contributed by atoms with Crippen LogP contribution in [-0.2, 0) is 0 Å². The normalized spacial score (nSPS) is 11.0. The molecule has 0 aliphatic carbocycles. The molecule has 0 radical (unpaired) electrons. The van der Waals surface area contributed by atoms with Gasteiger partial charge in [-0.1, -0.05) is 96.0 Å². The van der Waals surface area contributed by atoms with E-state index in [9.17, 15) is 0 Å². The molecule has 7 aromatic carbocycles. The maximum absolute atomic E-state index is 6.70. The summed E-state index contributed by atoms with van der Waals surface area (Å²) in [5, 5.41) is 3.42. The van der Waals surface area contributed by atoms with E-state index in [4.69, 9.17) is 42.1 Å². The summed E-state index contributed by atoms with van der Waals surface area (Å²) in [5.41, 5.74) is 0. The van der Waals surface area contributed by atoms with E-state index in [2.05, 4.69) is 0 Å². The molecule has 0 saturated carbocycles. The Labute approximate surface area is 264 Å². The quantitative estimate of drug-likeness (QED) is 0.159. The number of para-hydroxylation sites is 4. The van der Waals surface area contributed by atoms with Crippen molar-refractivity contribution in [3.05, 3.63) is 156 Å². The van der Waals surface area contributed by atoms with Crippen LogP contribution in [0.3, 0.4) is 0 Å². The lowest BCUT2D eigenvalue weighted by molar-refractivity contribution is 0.461. The topological polar surface area (TPSA) is 36.9 Å². The molecule has 0 N–H and O–H groups in total. The maximum atomic E-state index is 6.70. The Bertz CT molecular complexity index is 1920. The zero-order valence-corrected chi connectivity index (χ0v) is 24.8. The average molecular weight is 616 g/mol. The molecule has 214 valence electrons. The maximum Gasteiger partial charge on any atom is 0.147 e. The fraction of sp³-hybridized carbons (Fsp3) is 0. The summed E-state index contributed by atoms with van der Waals surface area (Å²) < 4.78 is 26.5. The Hall–Kier alpha value is -5.16. The van der Waals surface area contributed by atoms with Crippen LogP contribution in [0, 0.1) is 0 Å². The predicted molar refractivity (Wildman–Crippen MR) is 178 cm³/mol. The first-order valence-electron chi connectivity index (χ1n) is 14.0. The lowest BCUT2D eigenvalue weighted by atomic mass is 9.98. The van der Waals surface area contributed by atoms with Crippen LogP contribution < -0.4 is 18.9 Å². The largest absolute Gasteiger partial charge is 0.457 e. The van der Waals surface area contributed by atoms with Gasteiger partial charge >= 0.3 is 0 Å². The molecule has 0 spiro atoms. The third-order valence-electron chi connectivity index (χ3n) is 7.00. The standard InChI is InChI=1S/C38H24Cl2O4/c39-31-23-29-30(24-32(31)40)38(44-28-19-11-4-12-20-28)36-34(42-26-15-7-2-8-16-26)22-21-33(41-25-13-5-1-6-14-25)35(36)37(29)43-27-17-9-3-10-18-27/h1-24H. The molecule has 6 heteroatoms. The molecule has 0 bridgehead atoms. The first-order valence-corrected chi connectivity index (χ1v) is 14.7.